The molecule has 0 atom stereocenters. The average Bonchev–Trinajstić information content (AvgIpc) is 3.05. The first kappa shape index (κ1) is 16.2. The van der Waals surface area contributed by atoms with Crippen molar-refractivity contribution in [3.63, 3.8) is 0 Å². The van der Waals surface area contributed by atoms with Gasteiger partial charge in [0.1, 0.15) is 0 Å². The summed E-state index contributed by atoms with van der Waals surface area (Å²) < 4.78 is 0. The van der Waals surface area contributed by atoms with Crippen molar-refractivity contribution in [2.75, 3.05) is 13.1 Å². The van der Waals surface area contributed by atoms with Crippen molar-refractivity contribution in [3.8, 4) is 0 Å². The maximum Gasteiger partial charge on any atom is 0.220 e. The van der Waals surface area contributed by atoms with Gasteiger partial charge in [0.05, 0.1) is 0 Å². The van der Waals surface area contributed by atoms with Gasteiger partial charge in [-0.3, -0.25) is 9.79 Å². The molecule has 1 amide bonds. The molecule has 1 fully saturated rings. The number of nitrogens with zero attached hydrogens (tertiary/aromatic N) is 1. The summed E-state index contributed by atoms with van der Waals surface area (Å²) in [6.07, 6.45) is 5.22. The first-order valence-electron chi connectivity index (χ1n) is 5.66. The summed E-state index contributed by atoms with van der Waals surface area (Å²) in [5, 5.41) is 5.80. The molecule has 0 bridgehead atoms. The van der Waals surface area contributed by atoms with Crippen molar-refractivity contribution < 1.29 is 4.79 Å². The predicted molar refractivity (Wildman–Crippen MR) is 80.5 cm³/mol. The maximum atomic E-state index is 11.3. The molecule has 0 aromatic heterocycles. The number of hydrogen-bond donors (Lipinski definition) is 3. The van der Waals surface area contributed by atoms with E-state index in [1.54, 1.807) is 6.08 Å². The van der Waals surface area contributed by atoms with Crippen LogP contribution < -0.4 is 16.4 Å². The Labute approximate surface area is 119 Å². The van der Waals surface area contributed by atoms with Crippen LogP contribution in [0.15, 0.2) is 17.6 Å². The third kappa shape index (κ3) is 8.96. The summed E-state index contributed by atoms with van der Waals surface area (Å²) in [7, 11) is 0. The van der Waals surface area contributed by atoms with Gasteiger partial charge < -0.3 is 16.4 Å². The van der Waals surface area contributed by atoms with Crippen molar-refractivity contribution in [2.24, 2.45) is 10.7 Å². The molecule has 0 aromatic rings. The lowest BCUT2D eigenvalue weighted by molar-refractivity contribution is -0.121. The summed E-state index contributed by atoms with van der Waals surface area (Å²) in [6, 6.07) is 0.440. The monoisotopic (exact) mass is 352 g/mol. The number of carbonyl (C=O) groups is 1. The van der Waals surface area contributed by atoms with E-state index >= 15 is 0 Å². The standard InChI is InChI=1S/C11H20N4O.HI/c1-2-7-13-11(12)14-8-3-4-10(16)15-9-5-6-9;/h2,9H,1,3-8H2,(H,15,16)(H3,12,13,14);1H. The first-order valence-corrected chi connectivity index (χ1v) is 5.66. The number of hydrogen-bond acceptors (Lipinski definition) is 2. The molecule has 98 valence electrons. The largest absolute Gasteiger partial charge is 0.370 e. The van der Waals surface area contributed by atoms with E-state index in [0.29, 0.717) is 31.5 Å². The molecule has 6 heteroatoms. The average molecular weight is 352 g/mol. The van der Waals surface area contributed by atoms with Gasteiger partial charge in [-0.2, -0.15) is 0 Å². The number of halogens is 1. The maximum absolute atomic E-state index is 11.3. The Balaban J connectivity index is 0.00000256. The highest BCUT2D eigenvalue weighted by atomic mass is 127. The fraction of sp³-hybridized carbons (Fsp3) is 0.636. The minimum atomic E-state index is 0. The fourth-order valence-corrected chi connectivity index (χ4v) is 1.20. The normalized spacial score (nSPS) is 14.7. The van der Waals surface area contributed by atoms with Crippen LogP contribution in [0.4, 0.5) is 0 Å². The number of nitrogens with one attached hydrogen (secondary N) is 2. The minimum absolute atomic E-state index is 0. The molecule has 0 spiro atoms. The van der Waals surface area contributed by atoms with E-state index in [4.69, 9.17) is 5.73 Å². The molecular weight excluding hydrogens is 331 g/mol. The Morgan fingerprint density at radius 1 is 1.53 bits per heavy atom. The lowest BCUT2D eigenvalue weighted by Crippen LogP contribution is -2.31. The van der Waals surface area contributed by atoms with Gasteiger partial charge in [-0.05, 0) is 19.3 Å². The quantitative estimate of drug-likeness (QED) is 0.208. The molecule has 4 N–H and O–H groups in total. The van der Waals surface area contributed by atoms with Gasteiger partial charge in [0.25, 0.3) is 0 Å². The second kappa shape index (κ2) is 9.26. The van der Waals surface area contributed by atoms with E-state index in [1.165, 1.54) is 0 Å². The van der Waals surface area contributed by atoms with E-state index in [0.717, 1.165) is 19.3 Å². The Bertz CT molecular complexity index is 277. The van der Waals surface area contributed by atoms with Crippen LogP contribution in [-0.2, 0) is 4.79 Å². The summed E-state index contributed by atoms with van der Waals surface area (Å²) in [4.78, 5) is 15.4. The van der Waals surface area contributed by atoms with Crippen molar-refractivity contribution in [1.29, 1.82) is 0 Å². The third-order valence-corrected chi connectivity index (χ3v) is 2.21. The number of carbonyl (C=O) groups excluding carboxylic acids is 1. The van der Waals surface area contributed by atoms with Gasteiger partial charge in [-0.1, -0.05) is 6.08 Å². The highest BCUT2D eigenvalue weighted by Gasteiger charge is 2.22. The Hall–Kier alpha value is -0.790. The van der Waals surface area contributed by atoms with Crippen LogP contribution >= 0.6 is 24.0 Å². The molecule has 1 rings (SSSR count). The minimum Gasteiger partial charge on any atom is -0.370 e. The Kier molecular flexibility index (Phi) is 8.83. The summed E-state index contributed by atoms with van der Waals surface area (Å²) in [6.45, 7) is 4.75. The molecule has 0 aliphatic heterocycles. The number of aliphatic imine (C=N–C) groups is 1. The van der Waals surface area contributed by atoms with E-state index < -0.39 is 0 Å². The number of nitrogens with two attached hydrogens (primary N) is 1. The molecule has 1 aliphatic carbocycles. The van der Waals surface area contributed by atoms with Crippen LogP contribution in [0.1, 0.15) is 25.7 Å². The van der Waals surface area contributed by atoms with Crippen LogP contribution in [0.3, 0.4) is 0 Å². The van der Waals surface area contributed by atoms with Crippen LogP contribution in [0.5, 0.6) is 0 Å². The van der Waals surface area contributed by atoms with Gasteiger partial charge in [-0.15, -0.1) is 30.6 Å². The van der Waals surface area contributed by atoms with E-state index in [1.807, 2.05) is 0 Å². The van der Waals surface area contributed by atoms with Crippen molar-refractivity contribution in [3.05, 3.63) is 12.7 Å². The highest BCUT2D eigenvalue weighted by Crippen LogP contribution is 2.18. The molecule has 0 heterocycles. The van der Waals surface area contributed by atoms with E-state index in [9.17, 15) is 4.79 Å². The third-order valence-electron chi connectivity index (χ3n) is 2.21. The Morgan fingerprint density at radius 2 is 2.24 bits per heavy atom. The van der Waals surface area contributed by atoms with Crippen LogP contribution in [-0.4, -0.2) is 31.0 Å². The zero-order chi connectivity index (χ0) is 11.8. The number of guanidine groups is 1. The molecule has 0 unspecified atom stereocenters. The highest BCUT2D eigenvalue weighted by molar-refractivity contribution is 14.0. The van der Waals surface area contributed by atoms with Crippen LogP contribution in [0.2, 0.25) is 0 Å². The van der Waals surface area contributed by atoms with Gasteiger partial charge in [-0.25, -0.2) is 0 Å². The summed E-state index contributed by atoms with van der Waals surface area (Å²) in [5.74, 6) is 0.526. The summed E-state index contributed by atoms with van der Waals surface area (Å²) >= 11 is 0. The Morgan fingerprint density at radius 3 is 2.82 bits per heavy atom. The van der Waals surface area contributed by atoms with Crippen molar-refractivity contribution in [2.45, 2.75) is 31.7 Å². The topological polar surface area (TPSA) is 79.5 Å². The number of rotatable bonds is 7. The fourth-order valence-electron chi connectivity index (χ4n) is 1.20. The second-order valence-electron chi connectivity index (χ2n) is 3.88. The molecular formula is C11H21IN4O. The van der Waals surface area contributed by atoms with Crippen molar-refractivity contribution in [1.82, 2.24) is 10.6 Å². The number of amides is 1. The van der Waals surface area contributed by atoms with E-state index in [-0.39, 0.29) is 29.9 Å². The van der Waals surface area contributed by atoms with Gasteiger partial charge in [0.2, 0.25) is 5.91 Å². The molecule has 0 saturated heterocycles. The van der Waals surface area contributed by atoms with Crippen LogP contribution in [0, 0.1) is 0 Å². The molecule has 1 aliphatic rings. The van der Waals surface area contributed by atoms with Crippen molar-refractivity contribution >= 4 is 35.8 Å². The molecule has 17 heavy (non-hydrogen) atoms. The van der Waals surface area contributed by atoms with E-state index in [2.05, 4.69) is 22.2 Å². The smallest absolute Gasteiger partial charge is 0.220 e. The van der Waals surface area contributed by atoms with Gasteiger partial charge in [0, 0.05) is 25.6 Å². The molecule has 0 radical (unpaired) electrons. The predicted octanol–water partition coefficient (Wildman–Crippen LogP) is 0.753. The zero-order valence-corrected chi connectivity index (χ0v) is 12.3. The van der Waals surface area contributed by atoms with Crippen LogP contribution in [0.25, 0.3) is 0 Å². The zero-order valence-electron chi connectivity index (χ0n) is 9.95. The van der Waals surface area contributed by atoms with Gasteiger partial charge >= 0.3 is 0 Å². The van der Waals surface area contributed by atoms with Gasteiger partial charge in [0.15, 0.2) is 5.96 Å². The molecule has 5 nitrogen and oxygen atoms in total. The SMILES string of the molecule is C=CCNC(N)=NCCCC(=O)NC1CC1.I. The second-order valence-corrected chi connectivity index (χ2v) is 3.88. The summed E-state index contributed by atoms with van der Waals surface area (Å²) in [5.41, 5.74) is 5.56. The molecule has 0 aromatic carbocycles. The molecule has 1 saturated carbocycles. The lowest BCUT2D eigenvalue weighted by Gasteiger charge is -2.03. The first-order chi connectivity index (χ1) is 7.72. The lowest BCUT2D eigenvalue weighted by atomic mass is 10.3.